The highest BCUT2D eigenvalue weighted by Gasteiger charge is 2.19. The molecule has 31 heavy (non-hydrogen) atoms. The van der Waals surface area contributed by atoms with Gasteiger partial charge < -0.3 is 14.4 Å². The van der Waals surface area contributed by atoms with Crippen LogP contribution in [0.2, 0.25) is 0 Å². The first-order chi connectivity index (χ1) is 15.2. The number of fused-ring (bicyclic) bond motifs is 1. The van der Waals surface area contributed by atoms with E-state index in [1.807, 2.05) is 36.5 Å². The molecule has 1 aliphatic heterocycles. The summed E-state index contributed by atoms with van der Waals surface area (Å²) >= 11 is 1.56. The Morgan fingerprint density at radius 2 is 2.00 bits per heavy atom. The standard InChI is InChI=1S/C23H25N5O2S/c1-29-22(25-16-24)26-18-11-14-28(15-12-18)13-10-17-6-8-19(9-7-17)30-23-27-20-4-2-3-5-21(20)31-23/h2-9,18H,10-15H2,1H3,(H,25,26). The Labute approximate surface area is 185 Å². The summed E-state index contributed by atoms with van der Waals surface area (Å²) in [6.45, 7) is 3.01. The maximum Gasteiger partial charge on any atom is 0.298 e. The molecule has 1 aromatic heterocycles. The minimum atomic E-state index is 0.200. The molecule has 3 aromatic rings. The monoisotopic (exact) mass is 435 g/mol. The molecule has 0 unspecified atom stereocenters. The van der Waals surface area contributed by atoms with E-state index in [0.717, 1.165) is 54.9 Å². The highest BCUT2D eigenvalue weighted by atomic mass is 32.1. The molecule has 0 aliphatic carbocycles. The number of rotatable bonds is 6. The van der Waals surface area contributed by atoms with Crippen LogP contribution in [-0.4, -0.2) is 48.7 Å². The molecule has 0 bridgehead atoms. The minimum Gasteiger partial charge on any atom is -0.468 e. The molecule has 1 fully saturated rings. The first-order valence-electron chi connectivity index (χ1n) is 10.3. The number of nitrogens with zero attached hydrogens (tertiary/aromatic N) is 4. The lowest BCUT2D eigenvalue weighted by atomic mass is 10.0. The van der Waals surface area contributed by atoms with Gasteiger partial charge in [0, 0.05) is 19.6 Å². The summed E-state index contributed by atoms with van der Waals surface area (Å²) in [6.07, 6.45) is 4.78. The van der Waals surface area contributed by atoms with Crippen LogP contribution in [0.25, 0.3) is 10.2 Å². The molecule has 2 aromatic carbocycles. The third-order valence-corrected chi connectivity index (χ3v) is 6.25. The van der Waals surface area contributed by atoms with Crippen LogP contribution in [0.15, 0.2) is 53.5 Å². The van der Waals surface area contributed by atoms with E-state index in [9.17, 15) is 0 Å². The van der Waals surface area contributed by atoms with Crippen molar-refractivity contribution in [2.75, 3.05) is 26.7 Å². The molecule has 1 saturated heterocycles. The van der Waals surface area contributed by atoms with E-state index < -0.39 is 0 Å². The lowest BCUT2D eigenvalue weighted by molar-refractivity contribution is 0.214. The molecule has 160 valence electrons. The van der Waals surface area contributed by atoms with Crippen molar-refractivity contribution < 1.29 is 9.47 Å². The van der Waals surface area contributed by atoms with Crippen LogP contribution in [0.3, 0.4) is 0 Å². The van der Waals surface area contributed by atoms with E-state index in [-0.39, 0.29) is 6.04 Å². The second-order valence-electron chi connectivity index (χ2n) is 7.39. The van der Waals surface area contributed by atoms with Crippen LogP contribution in [0.5, 0.6) is 10.9 Å². The number of nitriles is 1. The summed E-state index contributed by atoms with van der Waals surface area (Å²) in [6, 6.07) is 16.8. The van der Waals surface area contributed by atoms with E-state index in [1.165, 1.54) is 12.7 Å². The Morgan fingerprint density at radius 1 is 1.23 bits per heavy atom. The molecule has 0 atom stereocenters. The highest BCUT2D eigenvalue weighted by Crippen LogP contribution is 2.31. The van der Waals surface area contributed by atoms with Crippen molar-refractivity contribution in [3.63, 3.8) is 0 Å². The number of piperidine rings is 1. The van der Waals surface area contributed by atoms with E-state index >= 15 is 0 Å². The summed E-state index contributed by atoms with van der Waals surface area (Å²) in [5.41, 5.74) is 2.25. The van der Waals surface area contributed by atoms with Crippen molar-refractivity contribution in [2.24, 2.45) is 4.99 Å². The van der Waals surface area contributed by atoms with Gasteiger partial charge in [0.05, 0.1) is 23.4 Å². The first kappa shape index (κ1) is 21.1. The van der Waals surface area contributed by atoms with Gasteiger partial charge in [-0.3, -0.25) is 0 Å². The van der Waals surface area contributed by atoms with E-state index in [2.05, 4.69) is 38.4 Å². The van der Waals surface area contributed by atoms with Gasteiger partial charge in [-0.05, 0) is 49.1 Å². The molecule has 0 amide bonds. The average Bonchev–Trinajstić information content (AvgIpc) is 3.21. The second kappa shape index (κ2) is 10.2. The van der Waals surface area contributed by atoms with E-state index in [4.69, 9.17) is 14.7 Å². The summed E-state index contributed by atoms with van der Waals surface area (Å²) in [4.78, 5) is 11.5. The molecule has 0 saturated carbocycles. The molecule has 0 spiro atoms. The van der Waals surface area contributed by atoms with Crippen molar-refractivity contribution in [3.05, 3.63) is 54.1 Å². The zero-order valence-electron chi connectivity index (χ0n) is 17.5. The summed E-state index contributed by atoms with van der Waals surface area (Å²) < 4.78 is 12.1. The number of para-hydroxylation sites is 1. The highest BCUT2D eigenvalue weighted by molar-refractivity contribution is 7.20. The second-order valence-corrected chi connectivity index (χ2v) is 8.38. The number of aliphatic imine (C=N–C) groups is 1. The van der Waals surface area contributed by atoms with Crippen LogP contribution < -0.4 is 10.1 Å². The van der Waals surface area contributed by atoms with Gasteiger partial charge in [-0.25, -0.2) is 15.3 Å². The molecule has 2 heterocycles. The third-order valence-electron chi connectivity index (χ3n) is 5.33. The number of hydrogen-bond acceptors (Lipinski definition) is 7. The lowest BCUT2D eigenvalue weighted by Gasteiger charge is -2.30. The SMILES string of the molecule is COC(=NC1CCN(CCc2ccc(Oc3nc4ccccc4s3)cc2)CC1)NC#N. The number of hydrogen-bond donors (Lipinski definition) is 1. The van der Waals surface area contributed by atoms with Crippen molar-refractivity contribution >= 4 is 27.6 Å². The van der Waals surface area contributed by atoms with Crippen molar-refractivity contribution in [1.29, 1.82) is 5.26 Å². The van der Waals surface area contributed by atoms with Gasteiger partial charge in [-0.2, -0.15) is 5.26 Å². The van der Waals surface area contributed by atoms with Crippen LogP contribution in [0.4, 0.5) is 0 Å². The maximum absolute atomic E-state index is 8.70. The van der Waals surface area contributed by atoms with Gasteiger partial charge in [0.25, 0.3) is 11.2 Å². The molecular formula is C23H25N5O2S. The molecule has 4 rings (SSSR count). The Balaban J connectivity index is 1.24. The summed E-state index contributed by atoms with van der Waals surface area (Å²) in [5, 5.41) is 11.8. The van der Waals surface area contributed by atoms with Crippen LogP contribution in [-0.2, 0) is 11.2 Å². The Morgan fingerprint density at radius 3 is 2.71 bits per heavy atom. The van der Waals surface area contributed by atoms with Gasteiger partial charge in [-0.15, -0.1) is 0 Å². The van der Waals surface area contributed by atoms with Crippen LogP contribution >= 0.6 is 11.3 Å². The molecule has 1 N–H and O–H groups in total. The Bertz CT molecular complexity index is 1030. The van der Waals surface area contributed by atoms with Crippen LogP contribution in [0.1, 0.15) is 18.4 Å². The van der Waals surface area contributed by atoms with Crippen molar-refractivity contribution in [1.82, 2.24) is 15.2 Å². The topological polar surface area (TPSA) is 82.8 Å². The zero-order valence-corrected chi connectivity index (χ0v) is 18.3. The number of nitrogens with one attached hydrogen (secondary N) is 1. The van der Waals surface area contributed by atoms with Gasteiger partial charge in [0.2, 0.25) is 0 Å². The molecule has 7 nitrogen and oxygen atoms in total. The van der Waals surface area contributed by atoms with Gasteiger partial charge in [0.1, 0.15) is 5.75 Å². The Hall–Kier alpha value is -3.15. The van der Waals surface area contributed by atoms with Crippen molar-refractivity contribution in [3.8, 4) is 17.1 Å². The number of benzene rings is 2. The fourth-order valence-electron chi connectivity index (χ4n) is 3.63. The number of methoxy groups -OCH3 is 1. The largest absolute Gasteiger partial charge is 0.468 e. The summed E-state index contributed by atoms with van der Waals surface area (Å²) in [7, 11) is 1.52. The average molecular weight is 436 g/mol. The quantitative estimate of drug-likeness (QED) is 0.271. The predicted molar refractivity (Wildman–Crippen MR) is 122 cm³/mol. The molecular weight excluding hydrogens is 410 g/mol. The fourth-order valence-corrected chi connectivity index (χ4v) is 4.46. The van der Waals surface area contributed by atoms with Gasteiger partial charge >= 0.3 is 0 Å². The van der Waals surface area contributed by atoms with E-state index in [0.29, 0.717) is 11.2 Å². The Kier molecular flexibility index (Phi) is 6.97. The number of aromatic nitrogens is 1. The minimum absolute atomic E-state index is 0.200. The number of likely N-dealkylation sites (tertiary alicyclic amines) is 1. The normalized spacial score (nSPS) is 15.5. The lowest BCUT2D eigenvalue weighted by Crippen LogP contribution is -2.37. The predicted octanol–water partition coefficient (Wildman–Crippen LogP) is 4.17. The van der Waals surface area contributed by atoms with Gasteiger partial charge in [0.15, 0.2) is 6.19 Å². The summed E-state index contributed by atoms with van der Waals surface area (Å²) in [5.74, 6) is 0.807. The van der Waals surface area contributed by atoms with Gasteiger partial charge in [-0.1, -0.05) is 35.6 Å². The smallest absolute Gasteiger partial charge is 0.298 e. The number of ether oxygens (including phenoxy) is 2. The van der Waals surface area contributed by atoms with Crippen LogP contribution in [0, 0.1) is 11.5 Å². The molecule has 1 aliphatic rings. The first-order valence-corrected chi connectivity index (χ1v) is 11.2. The third kappa shape index (κ3) is 5.72. The number of amidine groups is 1. The molecule has 0 radical (unpaired) electrons. The van der Waals surface area contributed by atoms with E-state index in [1.54, 1.807) is 11.3 Å². The van der Waals surface area contributed by atoms with Crippen molar-refractivity contribution in [2.45, 2.75) is 25.3 Å². The fraction of sp³-hybridized carbons (Fsp3) is 0.348. The maximum atomic E-state index is 8.70. The number of thiazole rings is 1. The molecule has 8 heteroatoms. The zero-order chi connectivity index (χ0) is 21.5.